The lowest BCUT2D eigenvalue weighted by atomic mass is 9.99. The summed E-state index contributed by atoms with van der Waals surface area (Å²) in [5.74, 6) is -1.82. The van der Waals surface area contributed by atoms with Gasteiger partial charge in [0.2, 0.25) is 0 Å². The molecule has 1 aliphatic heterocycles. The van der Waals surface area contributed by atoms with Crippen LogP contribution in [-0.2, 0) is 14.3 Å². The first-order chi connectivity index (χ1) is 9.76. The van der Waals surface area contributed by atoms with Crippen molar-refractivity contribution in [1.29, 1.82) is 0 Å². The molecule has 1 unspecified atom stereocenters. The SMILES string of the molecule is COC(=O)C(CC(C)C)NC(=O)N1C[C@@H](C)[C@H](C(=O)O)C1. The van der Waals surface area contributed by atoms with E-state index in [1.807, 2.05) is 13.8 Å². The van der Waals surface area contributed by atoms with Crippen molar-refractivity contribution in [2.45, 2.75) is 33.2 Å². The highest BCUT2D eigenvalue weighted by Gasteiger charge is 2.38. The fourth-order valence-corrected chi connectivity index (χ4v) is 2.52. The van der Waals surface area contributed by atoms with Crippen LogP contribution in [0.15, 0.2) is 0 Å². The summed E-state index contributed by atoms with van der Waals surface area (Å²) in [7, 11) is 1.28. The molecule has 2 amide bonds. The topological polar surface area (TPSA) is 95.9 Å². The van der Waals surface area contributed by atoms with Gasteiger partial charge in [-0.1, -0.05) is 20.8 Å². The van der Waals surface area contributed by atoms with Crippen molar-refractivity contribution in [3.05, 3.63) is 0 Å². The number of carboxylic acid groups (broad SMARTS) is 1. The fraction of sp³-hybridized carbons (Fsp3) is 0.786. The molecule has 1 rings (SSSR count). The van der Waals surface area contributed by atoms with Crippen LogP contribution in [0.3, 0.4) is 0 Å². The second-order valence-electron chi connectivity index (χ2n) is 5.98. The van der Waals surface area contributed by atoms with Gasteiger partial charge in [-0.2, -0.15) is 0 Å². The maximum Gasteiger partial charge on any atom is 0.328 e. The number of aliphatic carboxylic acids is 1. The molecule has 1 saturated heterocycles. The summed E-state index contributed by atoms with van der Waals surface area (Å²) >= 11 is 0. The highest BCUT2D eigenvalue weighted by atomic mass is 16.5. The highest BCUT2D eigenvalue weighted by molar-refractivity contribution is 5.84. The first-order valence-electron chi connectivity index (χ1n) is 7.12. The summed E-state index contributed by atoms with van der Waals surface area (Å²) in [6.45, 7) is 6.23. The number of urea groups is 1. The Kier molecular flexibility index (Phi) is 5.99. The molecule has 0 aromatic carbocycles. The number of carbonyl (C=O) groups is 3. The van der Waals surface area contributed by atoms with Gasteiger partial charge in [-0.3, -0.25) is 4.79 Å². The molecule has 120 valence electrons. The third kappa shape index (κ3) is 4.61. The smallest absolute Gasteiger partial charge is 0.328 e. The fourth-order valence-electron chi connectivity index (χ4n) is 2.52. The lowest BCUT2D eigenvalue weighted by Crippen LogP contribution is -2.48. The quantitative estimate of drug-likeness (QED) is 0.737. The van der Waals surface area contributed by atoms with Crippen molar-refractivity contribution in [3.8, 4) is 0 Å². The van der Waals surface area contributed by atoms with Crippen molar-refractivity contribution in [1.82, 2.24) is 10.2 Å². The molecule has 3 atom stereocenters. The van der Waals surface area contributed by atoms with E-state index in [4.69, 9.17) is 9.84 Å². The van der Waals surface area contributed by atoms with Crippen LogP contribution in [0.2, 0.25) is 0 Å². The van der Waals surface area contributed by atoms with Gasteiger partial charge in [0.1, 0.15) is 6.04 Å². The Labute approximate surface area is 124 Å². The van der Waals surface area contributed by atoms with Crippen molar-refractivity contribution in [2.24, 2.45) is 17.8 Å². The number of nitrogens with zero attached hydrogens (tertiary/aromatic N) is 1. The minimum atomic E-state index is -0.899. The number of methoxy groups -OCH3 is 1. The normalized spacial score (nSPS) is 23.0. The summed E-state index contributed by atoms with van der Waals surface area (Å²) in [5.41, 5.74) is 0. The van der Waals surface area contributed by atoms with Crippen LogP contribution in [-0.4, -0.2) is 54.2 Å². The summed E-state index contributed by atoms with van der Waals surface area (Å²) < 4.78 is 4.69. The number of carboxylic acids is 1. The van der Waals surface area contributed by atoms with Crippen LogP contribution in [0, 0.1) is 17.8 Å². The van der Waals surface area contributed by atoms with E-state index in [9.17, 15) is 14.4 Å². The van der Waals surface area contributed by atoms with Crippen molar-refractivity contribution < 1.29 is 24.2 Å². The predicted molar refractivity (Wildman–Crippen MR) is 75.7 cm³/mol. The van der Waals surface area contributed by atoms with Gasteiger partial charge >= 0.3 is 18.0 Å². The van der Waals surface area contributed by atoms with Crippen LogP contribution in [0.25, 0.3) is 0 Å². The first-order valence-corrected chi connectivity index (χ1v) is 7.12. The number of ether oxygens (including phenoxy) is 1. The van der Waals surface area contributed by atoms with Gasteiger partial charge in [0, 0.05) is 13.1 Å². The zero-order valence-electron chi connectivity index (χ0n) is 13.0. The second-order valence-corrected chi connectivity index (χ2v) is 5.98. The van der Waals surface area contributed by atoms with E-state index in [-0.39, 0.29) is 18.4 Å². The third-order valence-electron chi connectivity index (χ3n) is 3.71. The van der Waals surface area contributed by atoms with Gasteiger partial charge in [-0.05, 0) is 18.3 Å². The van der Waals surface area contributed by atoms with Crippen molar-refractivity contribution in [2.75, 3.05) is 20.2 Å². The number of esters is 1. The summed E-state index contributed by atoms with van der Waals surface area (Å²) in [5, 5.41) is 11.7. The zero-order valence-corrected chi connectivity index (χ0v) is 13.0. The molecule has 0 spiro atoms. The molecule has 2 N–H and O–H groups in total. The van der Waals surface area contributed by atoms with Gasteiger partial charge in [0.25, 0.3) is 0 Å². The van der Waals surface area contributed by atoms with E-state index < -0.39 is 29.9 Å². The molecule has 0 saturated carbocycles. The molecular weight excluding hydrogens is 276 g/mol. The summed E-state index contributed by atoms with van der Waals surface area (Å²) in [6.07, 6.45) is 0.476. The predicted octanol–water partition coefficient (Wildman–Crippen LogP) is 0.936. The molecule has 1 fully saturated rings. The van der Waals surface area contributed by atoms with E-state index in [1.165, 1.54) is 12.0 Å². The van der Waals surface area contributed by atoms with E-state index in [2.05, 4.69) is 5.32 Å². The lowest BCUT2D eigenvalue weighted by molar-refractivity contribution is -0.144. The van der Waals surface area contributed by atoms with E-state index >= 15 is 0 Å². The van der Waals surface area contributed by atoms with Gasteiger partial charge < -0.3 is 20.1 Å². The van der Waals surface area contributed by atoms with Crippen molar-refractivity contribution >= 4 is 18.0 Å². The molecule has 1 heterocycles. The Hall–Kier alpha value is -1.79. The molecule has 0 aliphatic carbocycles. The Morgan fingerprint density at radius 2 is 1.95 bits per heavy atom. The van der Waals surface area contributed by atoms with E-state index in [0.717, 1.165) is 0 Å². The van der Waals surface area contributed by atoms with Gasteiger partial charge in [-0.15, -0.1) is 0 Å². The number of hydrogen-bond acceptors (Lipinski definition) is 4. The number of rotatable bonds is 5. The standard InChI is InChI=1S/C14H24N2O5/c1-8(2)5-11(13(19)21-4)15-14(20)16-6-9(3)10(7-16)12(17)18/h8-11H,5-7H2,1-4H3,(H,15,20)(H,17,18)/t9-,10-,11?/m1/s1. The maximum absolute atomic E-state index is 12.2. The molecular formula is C14H24N2O5. The number of amides is 2. The average Bonchev–Trinajstić information content (AvgIpc) is 2.78. The van der Waals surface area contributed by atoms with E-state index in [0.29, 0.717) is 13.0 Å². The maximum atomic E-state index is 12.2. The number of nitrogens with one attached hydrogen (secondary N) is 1. The third-order valence-corrected chi connectivity index (χ3v) is 3.71. The molecule has 21 heavy (non-hydrogen) atoms. The number of likely N-dealkylation sites (tertiary alicyclic amines) is 1. The monoisotopic (exact) mass is 300 g/mol. The van der Waals surface area contributed by atoms with Crippen molar-refractivity contribution in [3.63, 3.8) is 0 Å². The van der Waals surface area contributed by atoms with Crippen LogP contribution < -0.4 is 5.32 Å². The Morgan fingerprint density at radius 1 is 1.33 bits per heavy atom. The molecule has 0 aromatic heterocycles. The van der Waals surface area contributed by atoms with Gasteiger partial charge in [-0.25, -0.2) is 9.59 Å². The minimum Gasteiger partial charge on any atom is -0.481 e. The van der Waals surface area contributed by atoms with Crippen LogP contribution in [0.1, 0.15) is 27.2 Å². The summed E-state index contributed by atoms with van der Waals surface area (Å²) in [6, 6.07) is -1.12. The van der Waals surface area contributed by atoms with Gasteiger partial charge in [0.15, 0.2) is 0 Å². The largest absolute Gasteiger partial charge is 0.481 e. The number of hydrogen-bond donors (Lipinski definition) is 2. The first kappa shape index (κ1) is 17.3. The average molecular weight is 300 g/mol. The molecule has 0 aromatic rings. The van der Waals surface area contributed by atoms with E-state index in [1.54, 1.807) is 6.92 Å². The van der Waals surface area contributed by atoms with Crippen LogP contribution in [0.4, 0.5) is 4.79 Å². The Bertz CT molecular complexity index is 410. The zero-order chi connectivity index (χ0) is 16.2. The molecule has 0 radical (unpaired) electrons. The molecule has 7 nitrogen and oxygen atoms in total. The highest BCUT2D eigenvalue weighted by Crippen LogP contribution is 2.23. The second kappa shape index (κ2) is 7.28. The van der Waals surface area contributed by atoms with Crippen LogP contribution in [0.5, 0.6) is 0 Å². The minimum absolute atomic E-state index is 0.102. The van der Waals surface area contributed by atoms with Gasteiger partial charge in [0.05, 0.1) is 13.0 Å². The summed E-state index contributed by atoms with van der Waals surface area (Å²) in [4.78, 5) is 36.4. The molecule has 1 aliphatic rings. The molecule has 0 bridgehead atoms. The molecule has 7 heteroatoms. The number of carbonyl (C=O) groups excluding carboxylic acids is 2. The lowest BCUT2D eigenvalue weighted by Gasteiger charge is -2.23. The Balaban J connectivity index is 2.66. The van der Waals surface area contributed by atoms with Crippen LogP contribution >= 0.6 is 0 Å². The Morgan fingerprint density at radius 3 is 2.38 bits per heavy atom.